The molecular formula is C34H33ClN4O5S. The van der Waals surface area contributed by atoms with Gasteiger partial charge in [-0.1, -0.05) is 48.0 Å². The van der Waals surface area contributed by atoms with Crippen molar-refractivity contribution in [3.63, 3.8) is 0 Å². The van der Waals surface area contributed by atoms with Crippen molar-refractivity contribution in [1.82, 2.24) is 5.32 Å². The van der Waals surface area contributed by atoms with E-state index in [4.69, 9.17) is 21.1 Å². The number of carbonyl (C=O) groups is 3. The van der Waals surface area contributed by atoms with Gasteiger partial charge < -0.3 is 30.3 Å². The third kappa shape index (κ3) is 9.28. The van der Waals surface area contributed by atoms with Crippen molar-refractivity contribution in [2.24, 2.45) is 0 Å². The van der Waals surface area contributed by atoms with Crippen LogP contribution in [-0.4, -0.2) is 51.8 Å². The lowest BCUT2D eigenvalue weighted by Crippen LogP contribution is -2.30. The fraction of sp³-hybridized carbons (Fsp3) is 0.147. The molecule has 0 unspecified atom stereocenters. The van der Waals surface area contributed by atoms with Crippen molar-refractivity contribution in [1.29, 1.82) is 0 Å². The minimum atomic E-state index is -0.501. The van der Waals surface area contributed by atoms with E-state index in [2.05, 4.69) is 16.0 Å². The average Bonchev–Trinajstić information content (AvgIpc) is 3.04. The number of halogens is 1. The van der Waals surface area contributed by atoms with Crippen LogP contribution < -0.4 is 30.3 Å². The third-order valence-electron chi connectivity index (χ3n) is 6.46. The van der Waals surface area contributed by atoms with Gasteiger partial charge in [-0.05, 0) is 60.2 Å². The minimum absolute atomic E-state index is 0.0750. The molecule has 0 radical (unpaired) electrons. The first-order valence-corrected chi connectivity index (χ1v) is 15.1. The molecule has 4 aromatic rings. The van der Waals surface area contributed by atoms with Gasteiger partial charge in [-0.2, -0.15) is 0 Å². The summed E-state index contributed by atoms with van der Waals surface area (Å²) in [6.07, 6.45) is 1.62. The molecule has 0 aliphatic heterocycles. The average molecular weight is 645 g/mol. The lowest BCUT2D eigenvalue weighted by atomic mass is 10.1. The summed E-state index contributed by atoms with van der Waals surface area (Å²) in [7, 11) is 6.86. The molecule has 0 aliphatic carbocycles. The molecule has 0 aromatic heterocycles. The van der Waals surface area contributed by atoms with E-state index in [1.54, 1.807) is 60.7 Å². The summed E-state index contributed by atoms with van der Waals surface area (Å²) < 4.78 is 10.5. The van der Waals surface area contributed by atoms with Gasteiger partial charge in [0.1, 0.15) is 17.2 Å². The number of rotatable bonds is 12. The van der Waals surface area contributed by atoms with Gasteiger partial charge in [0.25, 0.3) is 11.8 Å². The van der Waals surface area contributed by atoms with Crippen LogP contribution in [-0.2, 0) is 9.59 Å². The largest absolute Gasteiger partial charge is 0.495 e. The fourth-order valence-electron chi connectivity index (χ4n) is 4.13. The van der Waals surface area contributed by atoms with Crippen LogP contribution in [0.5, 0.6) is 11.5 Å². The highest BCUT2D eigenvalue weighted by Gasteiger charge is 2.16. The van der Waals surface area contributed by atoms with E-state index in [1.807, 2.05) is 55.4 Å². The number of thioether (sulfide) groups is 1. The normalized spacial score (nSPS) is 10.9. The summed E-state index contributed by atoms with van der Waals surface area (Å²) in [4.78, 5) is 41.9. The zero-order valence-corrected chi connectivity index (χ0v) is 26.8. The maximum absolute atomic E-state index is 13.5. The number of hydrogen-bond acceptors (Lipinski definition) is 7. The fourth-order valence-corrected chi connectivity index (χ4v) is 5.13. The van der Waals surface area contributed by atoms with E-state index in [1.165, 1.54) is 26.0 Å². The second-order valence-electron chi connectivity index (χ2n) is 9.87. The number of anilines is 3. The van der Waals surface area contributed by atoms with Crippen molar-refractivity contribution in [3.8, 4) is 11.5 Å². The highest BCUT2D eigenvalue weighted by Crippen LogP contribution is 2.36. The molecule has 3 amide bonds. The SMILES string of the molecule is COc1cc(OC)c(NC(=O)CSc2cccc(NC(=O)/C(=C\c3ccc(N(C)C)cc3)NC(=O)c3ccccc3)c2)cc1Cl. The van der Waals surface area contributed by atoms with E-state index in [9.17, 15) is 14.4 Å². The summed E-state index contributed by atoms with van der Waals surface area (Å²) in [5.74, 6) is -0.254. The molecule has 0 saturated carbocycles. The predicted molar refractivity (Wildman–Crippen MR) is 182 cm³/mol. The van der Waals surface area contributed by atoms with Gasteiger partial charge >= 0.3 is 0 Å². The molecule has 0 heterocycles. The van der Waals surface area contributed by atoms with Crippen molar-refractivity contribution >= 4 is 64.2 Å². The molecule has 0 bridgehead atoms. The van der Waals surface area contributed by atoms with Crippen LogP contribution in [0.25, 0.3) is 6.08 Å². The van der Waals surface area contributed by atoms with Crippen LogP contribution >= 0.6 is 23.4 Å². The van der Waals surface area contributed by atoms with Gasteiger partial charge in [0.15, 0.2) is 0 Å². The summed E-state index contributed by atoms with van der Waals surface area (Å²) in [5, 5.41) is 8.76. The number of hydrogen-bond donors (Lipinski definition) is 3. The Labute approximate surface area is 271 Å². The number of amides is 3. The number of ether oxygens (including phenoxy) is 2. The predicted octanol–water partition coefficient (Wildman–Crippen LogP) is 6.56. The van der Waals surface area contributed by atoms with Crippen molar-refractivity contribution < 1.29 is 23.9 Å². The maximum atomic E-state index is 13.5. The molecule has 232 valence electrons. The van der Waals surface area contributed by atoms with E-state index >= 15 is 0 Å². The lowest BCUT2D eigenvalue weighted by molar-refractivity contribution is -0.114. The topological polar surface area (TPSA) is 109 Å². The van der Waals surface area contributed by atoms with Crippen molar-refractivity contribution in [3.05, 3.63) is 113 Å². The molecule has 9 nitrogen and oxygen atoms in total. The number of nitrogens with one attached hydrogen (secondary N) is 3. The highest BCUT2D eigenvalue weighted by molar-refractivity contribution is 8.00. The standard InChI is InChI=1S/C34H33ClN4O5S/c1-39(2)25-15-13-22(14-16-25)17-29(38-33(41)23-9-6-5-7-10-23)34(42)36-24-11-8-12-26(18-24)45-21-32(40)37-28-19-27(35)30(43-3)20-31(28)44-4/h5-20H,21H2,1-4H3,(H,36,42)(H,37,40)(H,38,41)/b29-17+. The number of methoxy groups -OCH3 is 2. The number of benzene rings is 4. The van der Waals surface area contributed by atoms with Gasteiger partial charge in [0.05, 0.1) is 30.7 Å². The van der Waals surface area contributed by atoms with Crippen LogP contribution in [0.2, 0.25) is 5.02 Å². The van der Waals surface area contributed by atoms with Gasteiger partial charge in [-0.15, -0.1) is 11.8 Å². The molecule has 4 aromatic carbocycles. The first-order chi connectivity index (χ1) is 21.7. The van der Waals surface area contributed by atoms with Crippen LogP contribution in [0.3, 0.4) is 0 Å². The molecular weight excluding hydrogens is 612 g/mol. The Morgan fingerprint density at radius 3 is 2.22 bits per heavy atom. The monoisotopic (exact) mass is 644 g/mol. The maximum Gasteiger partial charge on any atom is 0.272 e. The van der Waals surface area contributed by atoms with Crippen LogP contribution in [0.15, 0.2) is 102 Å². The third-order valence-corrected chi connectivity index (χ3v) is 7.75. The van der Waals surface area contributed by atoms with Gasteiger partial charge in [0.2, 0.25) is 5.91 Å². The van der Waals surface area contributed by atoms with Crippen molar-refractivity contribution in [2.45, 2.75) is 4.90 Å². The molecule has 3 N–H and O–H groups in total. The molecule has 0 saturated heterocycles. The summed E-state index contributed by atoms with van der Waals surface area (Å²) in [5.41, 5.74) is 3.15. The van der Waals surface area contributed by atoms with Crippen molar-refractivity contribution in [2.75, 3.05) is 49.6 Å². The first-order valence-electron chi connectivity index (χ1n) is 13.8. The smallest absolute Gasteiger partial charge is 0.272 e. The number of nitrogens with zero attached hydrogens (tertiary/aromatic N) is 1. The summed E-state index contributed by atoms with van der Waals surface area (Å²) in [6, 6.07) is 26.5. The number of carbonyl (C=O) groups excluding carboxylic acids is 3. The quantitative estimate of drug-likeness (QED) is 0.118. The molecule has 0 atom stereocenters. The highest BCUT2D eigenvalue weighted by atomic mass is 35.5. The Kier molecular flexibility index (Phi) is 11.5. The lowest BCUT2D eigenvalue weighted by Gasteiger charge is -2.14. The van der Waals surface area contributed by atoms with E-state index < -0.39 is 11.8 Å². The molecule has 0 fully saturated rings. The zero-order valence-electron chi connectivity index (χ0n) is 25.2. The molecule has 0 spiro atoms. The first kappa shape index (κ1) is 33.0. The minimum Gasteiger partial charge on any atom is -0.495 e. The Hall–Kier alpha value is -4.93. The van der Waals surface area contributed by atoms with E-state index in [-0.39, 0.29) is 17.4 Å². The summed E-state index contributed by atoms with van der Waals surface area (Å²) in [6.45, 7) is 0. The second-order valence-corrected chi connectivity index (χ2v) is 11.3. The van der Waals surface area contributed by atoms with E-state index in [0.717, 1.165) is 16.1 Å². The Morgan fingerprint density at radius 2 is 1.56 bits per heavy atom. The van der Waals surface area contributed by atoms with Crippen LogP contribution in [0, 0.1) is 0 Å². The Balaban J connectivity index is 1.46. The van der Waals surface area contributed by atoms with E-state index in [0.29, 0.717) is 33.5 Å². The van der Waals surface area contributed by atoms with Crippen LogP contribution in [0.1, 0.15) is 15.9 Å². The zero-order chi connectivity index (χ0) is 32.3. The molecule has 0 aliphatic rings. The Morgan fingerprint density at radius 1 is 0.844 bits per heavy atom. The molecule has 11 heteroatoms. The summed E-state index contributed by atoms with van der Waals surface area (Å²) >= 11 is 7.50. The van der Waals surface area contributed by atoms with Gasteiger partial charge in [-0.25, -0.2) is 0 Å². The van der Waals surface area contributed by atoms with Crippen LogP contribution in [0.4, 0.5) is 17.1 Å². The molecule has 4 rings (SSSR count). The molecule has 45 heavy (non-hydrogen) atoms. The second kappa shape index (κ2) is 15.7. The van der Waals surface area contributed by atoms with Gasteiger partial charge in [0, 0.05) is 42.0 Å². The van der Waals surface area contributed by atoms with Gasteiger partial charge in [-0.3, -0.25) is 14.4 Å². The Bertz CT molecular complexity index is 1700.